The van der Waals surface area contributed by atoms with Crippen molar-refractivity contribution in [2.75, 3.05) is 13.1 Å². The fourth-order valence-corrected chi connectivity index (χ4v) is 4.51. The van der Waals surface area contributed by atoms with Crippen molar-refractivity contribution in [2.45, 2.75) is 52.3 Å². The Bertz CT molecular complexity index is 1240. The van der Waals surface area contributed by atoms with Gasteiger partial charge in [-0.3, -0.25) is 14.8 Å². The Balaban J connectivity index is 1.72. The van der Waals surface area contributed by atoms with Crippen molar-refractivity contribution in [3.8, 4) is 11.1 Å². The molecule has 0 bridgehead atoms. The van der Waals surface area contributed by atoms with Gasteiger partial charge in [-0.25, -0.2) is 4.79 Å². The van der Waals surface area contributed by atoms with E-state index in [9.17, 15) is 9.59 Å². The number of hydrogen-bond acceptors (Lipinski definition) is 5. The Labute approximate surface area is 204 Å². The van der Waals surface area contributed by atoms with Crippen LogP contribution in [0.1, 0.15) is 46.2 Å². The van der Waals surface area contributed by atoms with Crippen molar-refractivity contribution >= 4 is 34.6 Å². The highest BCUT2D eigenvalue weighted by molar-refractivity contribution is 6.31. The third kappa shape index (κ3) is 5.14. The zero-order valence-corrected chi connectivity index (χ0v) is 20.8. The maximum atomic E-state index is 12.9. The van der Waals surface area contributed by atoms with E-state index in [1.807, 2.05) is 64.1 Å². The SMILES string of the molecule is CC(=O)N1CC(C)N(C(=O)OC(C)(C)C)CC1c1cc(Cl)cc(-c2cnc3cccnc3c2)c1. The number of hydrogen-bond donors (Lipinski definition) is 0. The number of fused-ring (bicyclic) bond motifs is 1. The zero-order valence-electron chi connectivity index (χ0n) is 20.1. The number of piperazine rings is 1. The number of pyridine rings is 2. The lowest BCUT2D eigenvalue weighted by Crippen LogP contribution is -2.57. The van der Waals surface area contributed by atoms with Gasteiger partial charge in [-0.2, -0.15) is 0 Å². The van der Waals surface area contributed by atoms with Crippen LogP contribution in [0.15, 0.2) is 48.8 Å². The summed E-state index contributed by atoms with van der Waals surface area (Å²) in [6.07, 6.45) is 3.13. The number of halogens is 1. The average Bonchev–Trinajstić information content (AvgIpc) is 2.76. The molecule has 1 fully saturated rings. The van der Waals surface area contributed by atoms with Crippen molar-refractivity contribution in [1.82, 2.24) is 19.8 Å². The number of nitrogens with zero attached hydrogens (tertiary/aromatic N) is 4. The summed E-state index contributed by atoms with van der Waals surface area (Å²) in [6, 6.07) is 10.9. The molecule has 3 aromatic rings. The Kier molecular flexibility index (Phi) is 6.49. The van der Waals surface area contributed by atoms with Crippen LogP contribution in [0, 0.1) is 0 Å². The summed E-state index contributed by atoms with van der Waals surface area (Å²) in [7, 11) is 0. The molecule has 178 valence electrons. The first kappa shape index (κ1) is 24.0. The summed E-state index contributed by atoms with van der Waals surface area (Å²) in [6.45, 7) is 9.72. The van der Waals surface area contributed by atoms with Crippen LogP contribution in [0.3, 0.4) is 0 Å². The molecular weight excluding hydrogens is 452 g/mol. The van der Waals surface area contributed by atoms with E-state index >= 15 is 0 Å². The first-order valence-electron chi connectivity index (χ1n) is 11.3. The lowest BCUT2D eigenvalue weighted by atomic mass is 9.96. The predicted molar refractivity (Wildman–Crippen MR) is 133 cm³/mol. The first-order chi connectivity index (χ1) is 16.0. The van der Waals surface area contributed by atoms with E-state index in [-0.39, 0.29) is 24.1 Å². The molecule has 3 heterocycles. The normalized spacial score (nSPS) is 18.8. The second-order valence-corrected chi connectivity index (χ2v) is 10.1. The minimum absolute atomic E-state index is 0.0567. The average molecular weight is 481 g/mol. The topological polar surface area (TPSA) is 75.6 Å². The molecule has 0 radical (unpaired) electrons. The number of benzene rings is 1. The molecule has 0 aliphatic carbocycles. The summed E-state index contributed by atoms with van der Waals surface area (Å²) < 4.78 is 5.63. The van der Waals surface area contributed by atoms with Crippen LogP contribution in [0.2, 0.25) is 5.02 Å². The minimum atomic E-state index is -0.607. The summed E-state index contributed by atoms with van der Waals surface area (Å²) in [5, 5.41) is 0.541. The summed E-state index contributed by atoms with van der Waals surface area (Å²) in [4.78, 5) is 37.9. The van der Waals surface area contributed by atoms with E-state index in [0.717, 1.165) is 27.7 Å². The molecular formula is C26H29ClN4O3. The molecule has 1 aliphatic rings. The van der Waals surface area contributed by atoms with Crippen LogP contribution < -0.4 is 0 Å². The summed E-state index contributed by atoms with van der Waals surface area (Å²) >= 11 is 6.53. The van der Waals surface area contributed by atoms with Crippen LogP contribution in [0.5, 0.6) is 0 Å². The zero-order chi connectivity index (χ0) is 24.6. The van der Waals surface area contributed by atoms with Gasteiger partial charge in [-0.05, 0) is 75.2 Å². The molecule has 1 saturated heterocycles. The Morgan fingerprint density at radius 3 is 2.50 bits per heavy atom. The van der Waals surface area contributed by atoms with Crippen LogP contribution in [-0.4, -0.2) is 56.5 Å². The van der Waals surface area contributed by atoms with Gasteiger partial charge >= 0.3 is 6.09 Å². The lowest BCUT2D eigenvalue weighted by molar-refractivity contribution is -0.135. The van der Waals surface area contributed by atoms with E-state index in [1.54, 1.807) is 29.1 Å². The smallest absolute Gasteiger partial charge is 0.410 e. The molecule has 34 heavy (non-hydrogen) atoms. The van der Waals surface area contributed by atoms with E-state index in [4.69, 9.17) is 16.3 Å². The highest BCUT2D eigenvalue weighted by atomic mass is 35.5. The Hall–Kier alpha value is -3.19. The van der Waals surface area contributed by atoms with Crippen molar-refractivity contribution in [3.05, 3.63) is 59.4 Å². The minimum Gasteiger partial charge on any atom is -0.444 e. The molecule has 2 atom stereocenters. The van der Waals surface area contributed by atoms with E-state index in [1.165, 1.54) is 0 Å². The van der Waals surface area contributed by atoms with Gasteiger partial charge in [0.25, 0.3) is 0 Å². The predicted octanol–water partition coefficient (Wildman–Crippen LogP) is 5.48. The van der Waals surface area contributed by atoms with Crippen molar-refractivity contribution in [3.63, 3.8) is 0 Å². The quantitative estimate of drug-likeness (QED) is 0.485. The van der Waals surface area contributed by atoms with E-state index < -0.39 is 5.60 Å². The van der Waals surface area contributed by atoms with Crippen LogP contribution >= 0.6 is 11.6 Å². The van der Waals surface area contributed by atoms with Crippen LogP contribution in [0.25, 0.3) is 22.2 Å². The molecule has 0 saturated carbocycles. The molecule has 4 rings (SSSR count). The maximum absolute atomic E-state index is 12.9. The lowest BCUT2D eigenvalue weighted by Gasteiger charge is -2.45. The Morgan fingerprint density at radius 1 is 1.03 bits per heavy atom. The number of amides is 2. The monoisotopic (exact) mass is 480 g/mol. The number of carbonyl (C=O) groups is 2. The van der Waals surface area contributed by atoms with Gasteiger partial charge < -0.3 is 14.5 Å². The van der Waals surface area contributed by atoms with Gasteiger partial charge in [0.15, 0.2) is 0 Å². The van der Waals surface area contributed by atoms with E-state index in [0.29, 0.717) is 18.1 Å². The summed E-state index contributed by atoms with van der Waals surface area (Å²) in [5.74, 6) is -0.0567. The number of carbonyl (C=O) groups excluding carboxylic acids is 2. The van der Waals surface area contributed by atoms with Gasteiger partial charge in [0.2, 0.25) is 5.91 Å². The molecule has 0 N–H and O–H groups in total. The molecule has 2 amide bonds. The molecule has 7 nitrogen and oxygen atoms in total. The maximum Gasteiger partial charge on any atom is 0.410 e. The third-order valence-corrected chi connectivity index (χ3v) is 6.08. The van der Waals surface area contributed by atoms with Gasteiger partial charge in [0.1, 0.15) is 5.60 Å². The number of aromatic nitrogens is 2. The standard InChI is InChI=1S/C26H29ClN4O3/c1-16-14-31(17(2)32)24(15-30(16)25(33)34-26(3,4)5)19-9-18(10-21(27)11-19)20-12-23-22(29-13-20)7-6-8-28-23/h6-13,16,24H,14-15H2,1-5H3. The fraction of sp³-hybridized carbons (Fsp3) is 0.385. The second kappa shape index (κ2) is 9.22. The number of ether oxygens (including phenoxy) is 1. The van der Waals surface area contributed by atoms with Gasteiger partial charge in [0.05, 0.1) is 17.1 Å². The third-order valence-electron chi connectivity index (χ3n) is 5.86. The molecule has 8 heteroatoms. The van der Waals surface area contributed by atoms with Crippen molar-refractivity contribution in [2.24, 2.45) is 0 Å². The summed E-state index contributed by atoms with van der Waals surface area (Å²) in [5.41, 5.74) is 3.58. The van der Waals surface area contributed by atoms with E-state index in [2.05, 4.69) is 9.97 Å². The molecule has 0 spiro atoms. The molecule has 2 aromatic heterocycles. The highest BCUT2D eigenvalue weighted by Gasteiger charge is 2.38. The van der Waals surface area contributed by atoms with Gasteiger partial charge in [-0.1, -0.05) is 11.6 Å². The second-order valence-electron chi connectivity index (χ2n) is 9.71. The fourth-order valence-electron chi connectivity index (χ4n) is 4.27. The van der Waals surface area contributed by atoms with Crippen molar-refractivity contribution in [1.29, 1.82) is 0 Å². The van der Waals surface area contributed by atoms with Crippen LogP contribution in [0.4, 0.5) is 4.79 Å². The highest BCUT2D eigenvalue weighted by Crippen LogP contribution is 2.34. The van der Waals surface area contributed by atoms with Crippen LogP contribution in [-0.2, 0) is 9.53 Å². The molecule has 1 aliphatic heterocycles. The van der Waals surface area contributed by atoms with Gasteiger partial charge in [-0.15, -0.1) is 0 Å². The molecule has 1 aromatic carbocycles. The largest absolute Gasteiger partial charge is 0.444 e. The van der Waals surface area contributed by atoms with Crippen molar-refractivity contribution < 1.29 is 14.3 Å². The number of rotatable bonds is 2. The van der Waals surface area contributed by atoms with Gasteiger partial charge in [0, 0.05) is 49.0 Å². The first-order valence-corrected chi connectivity index (χ1v) is 11.7. The molecule has 2 unspecified atom stereocenters. The Morgan fingerprint density at radius 2 is 1.79 bits per heavy atom.